The summed E-state index contributed by atoms with van der Waals surface area (Å²) in [5, 5.41) is 10.9. The minimum Gasteiger partial charge on any atom is -0.308 e. The number of hydrogen-bond donors (Lipinski definition) is 0. The lowest BCUT2D eigenvalue weighted by molar-refractivity contribution is 0.869. The molecule has 0 radical (unpaired) electrons. The lowest BCUT2D eigenvalue weighted by Crippen LogP contribution is -1.88. The molecule has 0 fully saturated rings. The van der Waals surface area contributed by atoms with Crippen molar-refractivity contribution in [1.82, 2.24) is 4.40 Å². The predicted octanol–water partition coefficient (Wildman–Crippen LogP) is 10.0. The monoisotopic (exact) mass is 459 g/mol. The molecule has 2 aromatic heterocycles. The number of rotatable bonds is 2. The van der Waals surface area contributed by atoms with Crippen LogP contribution in [0.3, 0.4) is 0 Å². The van der Waals surface area contributed by atoms with Crippen molar-refractivity contribution in [3.63, 3.8) is 0 Å². The van der Waals surface area contributed by atoms with Gasteiger partial charge in [0.05, 0.1) is 16.6 Å². The summed E-state index contributed by atoms with van der Waals surface area (Å²) in [6.45, 7) is 9.01. The Morgan fingerprint density at radius 3 is 1.44 bits per heavy atom. The quantitative estimate of drug-likeness (QED) is 0.242. The van der Waals surface area contributed by atoms with Gasteiger partial charge in [0.15, 0.2) is 0 Å². The molecule has 7 aromatic rings. The molecule has 0 saturated carbocycles. The van der Waals surface area contributed by atoms with Gasteiger partial charge >= 0.3 is 0 Å². The van der Waals surface area contributed by atoms with Gasteiger partial charge in [-0.1, -0.05) is 75.7 Å². The molecule has 1 nitrogen and oxygen atoms in total. The number of halogens is 1. The third-order valence-corrected chi connectivity index (χ3v) is 7.87. The Labute approximate surface area is 203 Å². The molecule has 2 heteroatoms. The number of hydrogen-bond acceptors (Lipinski definition) is 0. The van der Waals surface area contributed by atoms with E-state index in [4.69, 9.17) is 11.6 Å². The Hall–Kier alpha value is -3.29. The van der Waals surface area contributed by atoms with E-state index in [2.05, 4.69) is 105 Å². The van der Waals surface area contributed by atoms with Crippen molar-refractivity contribution in [3.05, 3.63) is 88.9 Å². The van der Waals surface area contributed by atoms with Gasteiger partial charge < -0.3 is 4.40 Å². The third-order valence-electron chi connectivity index (χ3n) is 7.65. The first-order valence-electron chi connectivity index (χ1n) is 12.2. The van der Waals surface area contributed by atoms with Crippen molar-refractivity contribution in [3.8, 4) is 0 Å². The highest BCUT2D eigenvalue weighted by Gasteiger charge is 2.19. The first-order valence-corrected chi connectivity index (χ1v) is 12.6. The summed E-state index contributed by atoms with van der Waals surface area (Å²) in [4.78, 5) is 0. The van der Waals surface area contributed by atoms with Crippen molar-refractivity contribution in [2.24, 2.45) is 0 Å². The molecular weight excluding hydrogens is 434 g/mol. The molecule has 0 atom stereocenters. The normalized spacial score (nSPS) is 12.8. The zero-order valence-corrected chi connectivity index (χ0v) is 20.7. The fourth-order valence-corrected chi connectivity index (χ4v) is 5.97. The predicted molar refractivity (Wildman–Crippen MR) is 149 cm³/mol. The molecule has 2 heterocycles. The first kappa shape index (κ1) is 20.1. The second-order valence-corrected chi connectivity index (χ2v) is 10.9. The molecule has 7 rings (SSSR count). The van der Waals surface area contributed by atoms with Crippen LogP contribution in [0.5, 0.6) is 0 Å². The molecule has 0 spiro atoms. The molecule has 0 amide bonds. The van der Waals surface area contributed by atoms with E-state index in [0.717, 1.165) is 5.02 Å². The van der Waals surface area contributed by atoms with E-state index < -0.39 is 0 Å². The smallest absolute Gasteiger partial charge is 0.0621 e. The Balaban J connectivity index is 1.66. The van der Waals surface area contributed by atoms with Crippen LogP contribution in [0, 0.1) is 0 Å². The topological polar surface area (TPSA) is 4.41 Å². The minimum atomic E-state index is 0.512. The van der Waals surface area contributed by atoms with Crippen molar-refractivity contribution >= 4 is 71.2 Å². The van der Waals surface area contributed by atoms with Gasteiger partial charge in [-0.2, -0.15) is 0 Å². The van der Waals surface area contributed by atoms with E-state index in [1.165, 1.54) is 70.8 Å². The summed E-state index contributed by atoms with van der Waals surface area (Å²) in [6.07, 6.45) is 0. The average molecular weight is 460 g/mol. The van der Waals surface area contributed by atoms with Crippen LogP contribution in [-0.4, -0.2) is 4.40 Å². The van der Waals surface area contributed by atoms with Crippen molar-refractivity contribution < 1.29 is 0 Å². The summed E-state index contributed by atoms with van der Waals surface area (Å²) in [5.74, 6) is 1.02. The van der Waals surface area contributed by atoms with Crippen LogP contribution in [0.2, 0.25) is 5.02 Å². The van der Waals surface area contributed by atoms with Gasteiger partial charge in [0, 0.05) is 26.6 Å². The Bertz CT molecular complexity index is 1780. The lowest BCUT2D eigenvalue weighted by atomic mass is 9.97. The molecule has 34 heavy (non-hydrogen) atoms. The summed E-state index contributed by atoms with van der Waals surface area (Å²) in [6, 6.07) is 27.5. The van der Waals surface area contributed by atoms with Crippen LogP contribution in [0.4, 0.5) is 0 Å². The highest BCUT2D eigenvalue weighted by molar-refractivity contribution is 6.35. The molecule has 0 aliphatic rings. The average Bonchev–Trinajstić information content (AvgIpc) is 3.30. The molecule has 0 saturated heterocycles. The van der Waals surface area contributed by atoms with Crippen LogP contribution >= 0.6 is 11.6 Å². The zero-order valence-electron chi connectivity index (χ0n) is 19.9. The molecule has 0 aliphatic heterocycles. The van der Waals surface area contributed by atoms with Crippen molar-refractivity contribution in [2.45, 2.75) is 39.5 Å². The second kappa shape index (κ2) is 6.87. The number of fused-ring (bicyclic) bond motifs is 8. The summed E-state index contributed by atoms with van der Waals surface area (Å²) in [5.41, 5.74) is 6.52. The lowest BCUT2D eigenvalue weighted by Gasteiger charge is -2.09. The van der Waals surface area contributed by atoms with E-state index in [1.807, 2.05) is 0 Å². The Morgan fingerprint density at radius 1 is 0.529 bits per heavy atom. The largest absolute Gasteiger partial charge is 0.308 e. The second-order valence-electron chi connectivity index (χ2n) is 10.4. The summed E-state index contributed by atoms with van der Waals surface area (Å²) >= 11 is 6.71. The third kappa shape index (κ3) is 2.68. The molecular formula is C32H26ClN. The summed E-state index contributed by atoms with van der Waals surface area (Å²) < 4.78 is 2.46. The fraction of sp³-hybridized carbons (Fsp3) is 0.188. The number of aromatic nitrogens is 1. The zero-order chi connectivity index (χ0) is 23.3. The standard InChI is InChI=1S/C32H26ClN/c1-17(2)19-5-7-21-13-30-26(11-23(21)9-19)28-15-25(33)16-29-27-12-24-10-20(18(3)4)6-8-22(24)14-31(27)34(30)32(28)29/h5-18H,1-4H3. The van der Waals surface area contributed by atoms with E-state index in [0.29, 0.717) is 11.8 Å². The van der Waals surface area contributed by atoms with Crippen molar-refractivity contribution in [1.29, 1.82) is 0 Å². The summed E-state index contributed by atoms with van der Waals surface area (Å²) in [7, 11) is 0. The van der Waals surface area contributed by atoms with E-state index in [9.17, 15) is 0 Å². The van der Waals surface area contributed by atoms with Gasteiger partial charge in [0.1, 0.15) is 0 Å². The highest BCUT2D eigenvalue weighted by atomic mass is 35.5. The van der Waals surface area contributed by atoms with Crippen LogP contribution < -0.4 is 0 Å². The van der Waals surface area contributed by atoms with E-state index in [1.54, 1.807) is 0 Å². The van der Waals surface area contributed by atoms with Crippen LogP contribution in [0.25, 0.3) is 59.6 Å². The SMILES string of the molecule is CC(C)c1ccc2cc3c(cc2c1)c1cc(Cl)cc2c4cc5cc(C(C)C)ccc5cc4n3c12. The highest BCUT2D eigenvalue weighted by Crippen LogP contribution is 2.43. The maximum atomic E-state index is 6.71. The van der Waals surface area contributed by atoms with E-state index >= 15 is 0 Å². The first-order chi connectivity index (χ1) is 16.4. The van der Waals surface area contributed by atoms with Crippen LogP contribution in [0.1, 0.15) is 50.7 Å². The van der Waals surface area contributed by atoms with Gasteiger partial charge in [0.25, 0.3) is 0 Å². The molecule has 5 aromatic carbocycles. The fourth-order valence-electron chi connectivity index (χ4n) is 5.75. The van der Waals surface area contributed by atoms with Gasteiger partial charge in [-0.3, -0.25) is 0 Å². The van der Waals surface area contributed by atoms with Gasteiger partial charge in [-0.05, 0) is 80.9 Å². The Kier molecular flexibility index (Phi) is 4.06. The molecule has 0 N–H and O–H groups in total. The number of nitrogens with zero attached hydrogens (tertiary/aromatic N) is 1. The van der Waals surface area contributed by atoms with Gasteiger partial charge in [0.2, 0.25) is 0 Å². The Morgan fingerprint density at radius 2 is 1.00 bits per heavy atom. The maximum Gasteiger partial charge on any atom is 0.0621 e. The van der Waals surface area contributed by atoms with Gasteiger partial charge in [-0.15, -0.1) is 0 Å². The molecule has 0 bridgehead atoms. The van der Waals surface area contributed by atoms with Crippen LogP contribution in [-0.2, 0) is 0 Å². The van der Waals surface area contributed by atoms with Crippen molar-refractivity contribution in [2.75, 3.05) is 0 Å². The molecule has 166 valence electrons. The molecule has 0 aliphatic carbocycles. The van der Waals surface area contributed by atoms with Gasteiger partial charge in [-0.25, -0.2) is 0 Å². The molecule has 0 unspecified atom stereocenters. The van der Waals surface area contributed by atoms with Crippen LogP contribution in [0.15, 0.2) is 72.8 Å². The van der Waals surface area contributed by atoms with E-state index in [-0.39, 0.29) is 0 Å². The number of benzene rings is 5. The maximum absolute atomic E-state index is 6.71. The minimum absolute atomic E-state index is 0.512.